The lowest BCUT2D eigenvalue weighted by molar-refractivity contribution is -0.0889. The minimum absolute atomic E-state index is 0.107. The fourth-order valence-corrected chi connectivity index (χ4v) is 4.82. The minimum atomic E-state index is -0.281. The van der Waals surface area contributed by atoms with Gasteiger partial charge in [-0.3, -0.25) is 14.6 Å². The molecule has 5 nitrogen and oxygen atoms in total. The number of carbonyl (C=O) groups is 1. The summed E-state index contributed by atoms with van der Waals surface area (Å²) in [6.07, 6.45) is 0. The summed E-state index contributed by atoms with van der Waals surface area (Å²) in [5.74, 6) is 0.107. The lowest BCUT2D eigenvalue weighted by atomic mass is 9.91. The van der Waals surface area contributed by atoms with Gasteiger partial charge in [0.05, 0.1) is 12.1 Å². The monoisotopic (exact) mass is 393 g/mol. The first-order chi connectivity index (χ1) is 14.0. The van der Waals surface area contributed by atoms with Crippen molar-refractivity contribution in [3.63, 3.8) is 0 Å². The van der Waals surface area contributed by atoms with E-state index >= 15 is 0 Å². The molecular weight excluding hydrogens is 362 g/mol. The Morgan fingerprint density at radius 1 is 1.07 bits per heavy atom. The zero-order chi connectivity index (χ0) is 20.4. The molecule has 0 spiro atoms. The summed E-state index contributed by atoms with van der Waals surface area (Å²) in [7, 11) is 0. The number of rotatable bonds is 4. The highest BCUT2D eigenvalue weighted by atomic mass is 16.3. The smallest absolute Gasteiger partial charge is 0.253 e. The van der Waals surface area contributed by atoms with Crippen LogP contribution >= 0.6 is 0 Å². The van der Waals surface area contributed by atoms with Crippen LogP contribution in [0.1, 0.15) is 28.4 Å². The molecule has 2 atom stereocenters. The van der Waals surface area contributed by atoms with Crippen molar-refractivity contribution in [3.8, 4) is 0 Å². The number of carbonyl (C=O) groups excluding carboxylic acids is 1. The van der Waals surface area contributed by atoms with Gasteiger partial charge in [0.1, 0.15) is 0 Å². The molecule has 4 rings (SSSR count). The number of amides is 1. The predicted octanol–water partition coefficient (Wildman–Crippen LogP) is 2.39. The van der Waals surface area contributed by atoms with Crippen LogP contribution in [0.15, 0.2) is 54.6 Å². The molecule has 0 unspecified atom stereocenters. The van der Waals surface area contributed by atoms with E-state index in [1.54, 1.807) is 0 Å². The topological polar surface area (TPSA) is 47.0 Å². The number of hydrogen-bond acceptors (Lipinski definition) is 4. The molecule has 0 saturated carbocycles. The number of benzene rings is 2. The van der Waals surface area contributed by atoms with Crippen LogP contribution in [0.5, 0.6) is 0 Å². The van der Waals surface area contributed by atoms with Crippen molar-refractivity contribution >= 4 is 5.91 Å². The lowest BCUT2D eigenvalue weighted by Crippen LogP contribution is -2.71. The van der Waals surface area contributed by atoms with E-state index in [0.29, 0.717) is 13.1 Å². The van der Waals surface area contributed by atoms with Crippen LogP contribution in [0, 0.1) is 6.92 Å². The molecule has 154 valence electrons. The standard InChI is InChI=1S/C24H31N3O2/c1-19-8-10-21(11-9-19)23(29)26-12-13-27-22(16-26)15-25(17-24(27,2)18-28)14-20-6-4-3-5-7-20/h3-11,22,28H,12-18H2,1-2H3/t22-,24+/m1/s1. The fourth-order valence-electron chi connectivity index (χ4n) is 4.82. The van der Waals surface area contributed by atoms with Crippen LogP contribution < -0.4 is 0 Å². The third kappa shape index (κ3) is 4.22. The summed E-state index contributed by atoms with van der Waals surface area (Å²) in [5, 5.41) is 10.2. The van der Waals surface area contributed by atoms with Gasteiger partial charge >= 0.3 is 0 Å². The molecule has 1 N–H and O–H groups in total. The van der Waals surface area contributed by atoms with Crippen LogP contribution in [-0.2, 0) is 6.54 Å². The molecule has 2 aromatic rings. The fraction of sp³-hybridized carbons (Fsp3) is 0.458. The molecule has 2 aliphatic rings. The van der Waals surface area contributed by atoms with Crippen LogP contribution in [0.4, 0.5) is 0 Å². The molecule has 0 aromatic heterocycles. The van der Waals surface area contributed by atoms with Gasteiger partial charge in [0.2, 0.25) is 0 Å². The van der Waals surface area contributed by atoms with E-state index in [0.717, 1.165) is 37.3 Å². The quantitative estimate of drug-likeness (QED) is 0.867. The van der Waals surface area contributed by atoms with Crippen LogP contribution in [-0.4, -0.2) is 76.6 Å². The predicted molar refractivity (Wildman–Crippen MR) is 115 cm³/mol. The third-order valence-electron chi connectivity index (χ3n) is 6.38. The van der Waals surface area contributed by atoms with Crippen molar-refractivity contribution in [3.05, 3.63) is 71.3 Å². The molecule has 1 amide bonds. The number of piperazine rings is 2. The SMILES string of the molecule is Cc1ccc(C(=O)N2CCN3[C@H](CN(Cc4ccccc4)C[C@@]3(C)CO)C2)cc1. The maximum absolute atomic E-state index is 13.0. The van der Waals surface area contributed by atoms with Gasteiger partial charge in [-0.15, -0.1) is 0 Å². The summed E-state index contributed by atoms with van der Waals surface area (Å²) < 4.78 is 0. The maximum Gasteiger partial charge on any atom is 0.253 e. The van der Waals surface area contributed by atoms with Crippen molar-refractivity contribution in [1.82, 2.24) is 14.7 Å². The first-order valence-electron chi connectivity index (χ1n) is 10.5. The molecule has 5 heteroatoms. The van der Waals surface area contributed by atoms with Crippen molar-refractivity contribution in [2.45, 2.75) is 32.0 Å². The lowest BCUT2D eigenvalue weighted by Gasteiger charge is -2.56. The number of aryl methyl sites for hydroxylation is 1. The van der Waals surface area contributed by atoms with Crippen LogP contribution in [0.2, 0.25) is 0 Å². The van der Waals surface area contributed by atoms with Gasteiger partial charge in [0, 0.05) is 50.9 Å². The Morgan fingerprint density at radius 3 is 2.48 bits per heavy atom. The number of aliphatic hydroxyl groups is 1. The normalized spacial score (nSPS) is 25.6. The molecule has 29 heavy (non-hydrogen) atoms. The van der Waals surface area contributed by atoms with E-state index in [4.69, 9.17) is 0 Å². The number of nitrogens with zero attached hydrogens (tertiary/aromatic N) is 3. The molecule has 0 bridgehead atoms. The molecule has 2 heterocycles. The highest BCUT2D eigenvalue weighted by Crippen LogP contribution is 2.29. The number of hydrogen-bond donors (Lipinski definition) is 1. The van der Waals surface area contributed by atoms with Crippen LogP contribution in [0.25, 0.3) is 0 Å². The van der Waals surface area contributed by atoms with Gasteiger partial charge in [-0.2, -0.15) is 0 Å². The van der Waals surface area contributed by atoms with E-state index in [2.05, 4.69) is 41.0 Å². The molecule has 2 saturated heterocycles. The first-order valence-corrected chi connectivity index (χ1v) is 10.5. The maximum atomic E-state index is 13.0. The molecule has 2 fully saturated rings. The molecule has 0 aliphatic carbocycles. The Hall–Kier alpha value is -2.21. The van der Waals surface area contributed by atoms with E-state index in [-0.39, 0.29) is 24.1 Å². The Balaban J connectivity index is 1.50. The summed E-state index contributed by atoms with van der Waals surface area (Å²) in [6.45, 7) is 9.13. The van der Waals surface area contributed by atoms with Crippen molar-refractivity contribution in [1.29, 1.82) is 0 Å². The number of aliphatic hydroxyl groups excluding tert-OH is 1. The van der Waals surface area contributed by atoms with Gasteiger partial charge in [-0.05, 0) is 31.5 Å². The van der Waals surface area contributed by atoms with Gasteiger partial charge < -0.3 is 10.0 Å². The van der Waals surface area contributed by atoms with Gasteiger partial charge in [-0.25, -0.2) is 0 Å². The largest absolute Gasteiger partial charge is 0.394 e. The van der Waals surface area contributed by atoms with E-state index in [1.807, 2.05) is 42.2 Å². The highest BCUT2D eigenvalue weighted by molar-refractivity contribution is 5.94. The summed E-state index contributed by atoms with van der Waals surface area (Å²) >= 11 is 0. The molecule has 0 radical (unpaired) electrons. The van der Waals surface area contributed by atoms with Gasteiger partial charge in [0.25, 0.3) is 5.91 Å². The van der Waals surface area contributed by atoms with Gasteiger partial charge in [-0.1, -0.05) is 48.0 Å². The van der Waals surface area contributed by atoms with E-state index < -0.39 is 0 Å². The second-order valence-corrected chi connectivity index (χ2v) is 8.77. The third-order valence-corrected chi connectivity index (χ3v) is 6.38. The average molecular weight is 394 g/mol. The van der Waals surface area contributed by atoms with Crippen LogP contribution in [0.3, 0.4) is 0 Å². The zero-order valence-electron chi connectivity index (χ0n) is 17.4. The minimum Gasteiger partial charge on any atom is -0.394 e. The summed E-state index contributed by atoms with van der Waals surface area (Å²) in [5.41, 5.74) is 2.92. The molecule has 2 aromatic carbocycles. The summed E-state index contributed by atoms with van der Waals surface area (Å²) in [6, 6.07) is 18.5. The van der Waals surface area contributed by atoms with E-state index in [1.165, 1.54) is 5.56 Å². The number of fused-ring (bicyclic) bond motifs is 1. The first kappa shape index (κ1) is 20.1. The average Bonchev–Trinajstić information content (AvgIpc) is 2.74. The Bertz CT molecular complexity index is 839. The van der Waals surface area contributed by atoms with Crippen molar-refractivity contribution in [2.75, 3.05) is 39.3 Å². The Labute approximate surface area is 173 Å². The summed E-state index contributed by atoms with van der Waals surface area (Å²) in [4.78, 5) is 19.9. The second-order valence-electron chi connectivity index (χ2n) is 8.77. The molecular formula is C24H31N3O2. The van der Waals surface area contributed by atoms with Crippen molar-refractivity contribution in [2.24, 2.45) is 0 Å². The Morgan fingerprint density at radius 2 is 1.79 bits per heavy atom. The second kappa shape index (κ2) is 8.27. The molecule has 2 aliphatic heterocycles. The van der Waals surface area contributed by atoms with Gasteiger partial charge in [0.15, 0.2) is 0 Å². The zero-order valence-corrected chi connectivity index (χ0v) is 17.4. The van der Waals surface area contributed by atoms with Crippen molar-refractivity contribution < 1.29 is 9.90 Å². The Kier molecular flexibility index (Phi) is 5.72. The van der Waals surface area contributed by atoms with E-state index in [9.17, 15) is 9.90 Å². The highest BCUT2D eigenvalue weighted by Gasteiger charge is 2.45.